The zero-order valence-corrected chi connectivity index (χ0v) is 20.2. The molecule has 33 heavy (non-hydrogen) atoms. The Morgan fingerprint density at radius 3 is 2.73 bits per heavy atom. The molecule has 2 fully saturated rings. The maximum Gasteiger partial charge on any atom is 0.254 e. The van der Waals surface area contributed by atoms with Crippen LogP contribution in [0.25, 0.3) is 10.3 Å². The summed E-state index contributed by atoms with van der Waals surface area (Å²) >= 11 is 3.16. The molecule has 6 rings (SSSR count). The zero-order valence-electron chi connectivity index (χ0n) is 18.6. The van der Waals surface area contributed by atoms with Gasteiger partial charge in [-0.2, -0.15) is 0 Å². The molecule has 0 aliphatic heterocycles. The molecule has 3 aliphatic carbocycles. The van der Waals surface area contributed by atoms with Crippen LogP contribution in [0.4, 0.5) is 10.1 Å². The standard InChI is InChI=1S/C24H27N5O2S2/c1-12-2-8-17-22(26-12)33-24(28-17)27-15-7-9-18-16(10-15)19(21(31)25-11-13-3-4-13)23(32-18)29-20(30)14-5-6-14/h2,8,13-15H,3-7,9-11H2,1H3,(H,25,31)(H,27,28)(H,29,30)/t15-/m0/s1. The van der Waals surface area contributed by atoms with E-state index in [4.69, 9.17) is 4.98 Å². The summed E-state index contributed by atoms with van der Waals surface area (Å²) in [6, 6.07) is 4.18. The van der Waals surface area contributed by atoms with Crippen molar-refractivity contribution < 1.29 is 9.59 Å². The van der Waals surface area contributed by atoms with Gasteiger partial charge in [-0.15, -0.1) is 11.3 Å². The normalized spacial score (nSPS) is 19.8. The average Bonchev–Trinajstić information content (AvgIpc) is 3.71. The fraction of sp³-hybridized carbons (Fsp3) is 0.500. The van der Waals surface area contributed by atoms with Crippen molar-refractivity contribution in [3.8, 4) is 0 Å². The molecular weight excluding hydrogens is 454 g/mol. The maximum atomic E-state index is 13.2. The van der Waals surface area contributed by atoms with Gasteiger partial charge in [0.1, 0.15) is 15.3 Å². The van der Waals surface area contributed by atoms with Gasteiger partial charge in [0, 0.05) is 29.1 Å². The number of anilines is 2. The molecule has 7 nitrogen and oxygen atoms in total. The molecule has 0 spiro atoms. The van der Waals surface area contributed by atoms with Crippen molar-refractivity contribution in [2.24, 2.45) is 11.8 Å². The Kier molecular flexibility index (Phi) is 5.33. The zero-order chi connectivity index (χ0) is 22.5. The van der Waals surface area contributed by atoms with Gasteiger partial charge in [0.2, 0.25) is 5.91 Å². The first-order chi connectivity index (χ1) is 16.0. The number of nitrogens with zero attached hydrogens (tertiary/aromatic N) is 2. The molecule has 2 amide bonds. The minimum absolute atomic E-state index is 0.0502. The number of fused-ring (bicyclic) bond motifs is 2. The van der Waals surface area contributed by atoms with Gasteiger partial charge < -0.3 is 16.0 Å². The minimum Gasteiger partial charge on any atom is -0.358 e. The number of amides is 2. The lowest BCUT2D eigenvalue weighted by molar-refractivity contribution is -0.117. The molecule has 9 heteroatoms. The van der Waals surface area contributed by atoms with Crippen LogP contribution in [-0.4, -0.2) is 34.4 Å². The molecule has 1 atom stereocenters. The number of rotatable bonds is 7. The van der Waals surface area contributed by atoms with E-state index >= 15 is 0 Å². The molecule has 3 N–H and O–H groups in total. The summed E-state index contributed by atoms with van der Waals surface area (Å²) in [4.78, 5) is 37.1. The van der Waals surface area contributed by atoms with Gasteiger partial charge in [0.25, 0.3) is 5.91 Å². The highest BCUT2D eigenvalue weighted by Gasteiger charge is 2.34. The third kappa shape index (κ3) is 4.48. The van der Waals surface area contributed by atoms with Crippen LogP contribution in [0, 0.1) is 18.8 Å². The molecule has 2 saturated carbocycles. The fourth-order valence-electron chi connectivity index (χ4n) is 4.39. The van der Waals surface area contributed by atoms with Crippen LogP contribution >= 0.6 is 22.7 Å². The number of aryl methyl sites for hydroxylation is 2. The summed E-state index contributed by atoms with van der Waals surface area (Å²) in [5.74, 6) is 0.721. The summed E-state index contributed by atoms with van der Waals surface area (Å²) in [5, 5.41) is 11.4. The van der Waals surface area contributed by atoms with Crippen LogP contribution in [0.1, 0.15) is 58.6 Å². The molecule has 0 radical (unpaired) electrons. The Hall–Kier alpha value is -2.52. The lowest BCUT2D eigenvalue weighted by Gasteiger charge is -2.23. The van der Waals surface area contributed by atoms with E-state index in [0.29, 0.717) is 11.5 Å². The van der Waals surface area contributed by atoms with Crippen LogP contribution in [0.2, 0.25) is 0 Å². The summed E-state index contributed by atoms with van der Waals surface area (Å²) in [6.45, 7) is 2.71. The number of hydrogen-bond donors (Lipinski definition) is 3. The number of carbonyl (C=O) groups excluding carboxylic acids is 2. The van der Waals surface area contributed by atoms with E-state index in [1.807, 2.05) is 19.1 Å². The van der Waals surface area contributed by atoms with E-state index in [0.717, 1.165) is 70.4 Å². The topological polar surface area (TPSA) is 96.0 Å². The van der Waals surface area contributed by atoms with E-state index in [2.05, 4.69) is 20.9 Å². The summed E-state index contributed by atoms with van der Waals surface area (Å²) in [7, 11) is 0. The van der Waals surface area contributed by atoms with Crippen LogP contribution in [0.5, 0.6) is 0 Å². The Morgan fingerprint density at radius 2 is 1.94 bits per heavy atom. The van der Waals surface area contributed by atoms with Crippen molar-refractivity contribution in [1.82, 2.24) is 15.3 Å². The Bertz CT molecular complexity index is 1240. The molecule has 3 aromatic heterocycles. The largest absolute Gasteiger partial charge is 0.358 e. The highest BCUT2D eigenvalue weighted by Crippen LogP contribution is 2.41. The van der Waals surface area contributed by atoms with Crippen molar-refractivity contribution in [2.45, 2.75) is 57.9 Å². The van der Waals surface area contributed by atoms with Gasteiger partial charge in [-0.05, 0) is 75.5 Å². The predicted octanol–water partition coefficient (Wildman–Crippen LogP) is 4.52. The van der Waals surface area contributed by atoms with Crippen molar-refractivity contribution in [1.29, 1.82) is 0 Å². The molecule has 0 aromatic carbocycles. The number of thiophene rings is 1. The number of carbonyl (C=O) groups is 2. The fourth-order valence-corrected chi connectivity index (χ4v) is 6.59. The second-order valence-corrected chi connectivity index (χ2v) is 11.6. The lowest BCUT2D eigenvalue weighted by atomic mass is 9.91. The second kappa shape index (κ2) is 8.36. The quantitative estimate of drug-likeness (QED) is 0.461. The smallest absolute Gasteiger partial charge is 0.254 e. The first-order valence-corrected chi connectivity index (χ1v) is 13.4. The second-order valence-electron chi connectivity index (χ2n) is 9.50. The Labute approximate surface area is 200 Å². The van der Waals surface area contributed by atoms with Crippen LogP contribution in [0.3, 0.4) is 0 Å². The third-order valence-electron chi connectivity index (χ3n) is 6.64. The van der Waals surface area contributed by atoms with Gasteiger partial charge in [-0.3, -0.25) is 9.59 Å². The number of aromatic nitrogens is 2. The van der Waals surface area contributed by atoms with Gasteiger partial charge >= 0.3 is 0 Å². The third-order valence-corrected chi connectivity index (χ3v) is 8.75. The van der Waals surface area contributed by atoms with Gasteiger partial charge in [-0.1, -0.05) is 11.3 Å². The van der Waals surface area contributed by atoms with E-state index in [-0.39, 0.29) is 23.8 Å². The van der Waals surface area contributed by atoms with Gasteiger partial charge in [-0.25, -0.2) is 9.97 Å². The average molecular weight is 482 g/mol. The molecule has 0 bridgehead atoms. The Balaban J connectivity index is 1.24. The Morgan fingerprint density at radius 1 is 1.09 bits per heavy atom. The first kappa shape index (κ1) is 21.0. The number of nitrogens with one attached hydrogen (secondary N) is 3. The molecule has 172 valence electrons. The van der Waals surface area contributed by atoms with Crippen LogP contribution in [-0.2, 0) is 17.6 Å². The van der Waals surface area contributed by atoms with Crippen molar-refractivity contribution in [3.63, 3.8) is 0 Å². The van der Waals surface area contributed by atoms with E-state index < -0.39 is 0 Å². The van der Waals surface area contributed by atoms with Crippen molar-refractivity contribution in [2.75, 3.05) is 17.2 Å². The lowest BCUT2D eigenvalue weighted by Crippen LogP contribution is -2.31. The molecule has 3 heterocycles. The summed E-state index contributed by atoms with van der Waals surface area (Å²) < 4.78 is 0. The SMILES string of the molecule is Cc1ccc2nc(N[C@H]3CCc4sc(NC(=O)C5CC5)c(C(=O)NCC5CC5)c4C3)sc2n1. The molecule has 0 saturated heterocycles. The van der Waals surface area contributed by atoms with Gasteiger partial charge in [0.05, 0.1) is 5.56 Å². The molecular formula is C24H27N5O2S2. The van der Waals surface area contributed by atoms with Gasteiger partial charge in [0.15, 0.2) is 5.13 Å². The summed E-state index contributed by atoms with van der Waals surface area (Å²) in [6.07, 6.45) is 6.88. The maximum absolute atomic E-state index is 13.2. The first-order valence-electron chi connectivity index (χ1n) is 11.8. The monoisotopic (exact) mass is 481 g/mol. The predicted molar refractivity (Wildman–Crippen MR) is 132 cm³/mol. The van der Waals surface area contributed by atoms with E-state index in [1.54, 1.807) is 22.7 Å². The number of hydrogen-bond acceptors (Lipinski definition) is 7. The molecule has 0 unspecified atom stereocenters. The van der Waals surface area contributed by atoms with Crippen molar-refractivity contribution in [3.05, 3.63) is 33.8 Å². The number of thiazole rings is 1. The van der Waals surface area contributed by atoms with Crippen LogP contribution < -0.4 is 16.0 Å². The van der Waals surface area contributed by atoms with E-state index in [9.17, 15) is 9.59 Å². The minimum atomic E-state index is -0.0502. The molecule has 3 aromatic rings. The highest BCUT2D eigenvalue weighted by atomic mass is 32.1. The van der Waals surface area contributed by atoms with Crippen molar-refractivity contribution >= 4 is 55.0 Å². The molecule has 3 aliphatic rings. The van der Waals surface area contributed by atoms with E-state index in [1.165, 1.54) is 17.7 Å². The van der Waals surface area contributed by atoms with Crippen LogP contribution in [0.15, 0.2) is 12.1 Å². The highest BCUT2D eigenvalue weighted by molar-refractivity contribution is 7.21. The number of pyridine rings is 1. The summed E-state index contributed by atoms with van der Waals surface area (Å²) in [5.41, 5.74) is 3.65.